The smallest absolute Gasteiger partial charge is 0.315 e. The number of ether oxygens (including phenoxy) is 2. The predicted octanol–water partition coefficient (Wildman–Crippen LogP) is 1.77. The van der Waals surface area contributed by atoms with Gasteiger partial charge in [-0.15, -0.1) is 0 Å². The van der Waals surface area contributed by atoms with E-state index in [9.17, 15) is 13.2 Å². The molecular weight excluding hydrogens is 292 g/mol. The van der Waals surface area contributed by atoms with E-state index in [1.165, 1.54) is 14.2 Å². The zero-order valence-electron chi connectivity index (χ0n) is 12.2. The number of carbonyl (C=O) groups excluding carboxylic acids is 1. The van der Waals surface area contributed by atoms with Crippen molar-refractivity contribution in [3.05, 3.63) is 29.8 Å². The topological polar surface area (TPSA) is 69.7 Å². The first-order chi connectivity index (χ1) is 9.97. The molecule has 6 heteroatoms. The van der Waals surface area contributed by atoms with Gasteiger partial charge in [-0.2, -0.15) is 0 Å². The zero-order chi connectivity index (χ0) is 15.5. The third-order valence-electron chi connectivity index (χ3n) is 3.61. The first-order valence-electron chi connectivity index (χ1n) is 6.87. The lowest BCUT2D eigenvalue weighted by molar-refractivity contribution is -0.143. The second kappa shape index (κ2) is 6.58. The van der Waals surface area contributed by atoms with Gasteiger partial charge in [-0.1, -0.05) is 12.1 Å². The van der Waals surface area contributed by atoms with Gasteiger partial charge in [0.2, 0.25) is 0 Å². The van der Waals surface area contributed by atoms with Crippen LogP contribution in [0.5, 0.6) is 0 Å². The van der Waals surface area contributed by atoms with Gasteiger partial charge in [0.05, 0.1) is 24.4 Å². The highest BCUT2D eigenvalue weighted by molar-refractivity contribution is 7.91. The van der Waals surface area contributed by atoms with Crippen LogP contribution in [0.25, 0.3) is 0 Å². The number of hydrogen-bond donors (Lipinski definition) is 0. The predicted molar refractivity (Wildman–Crippen MR) is 77.9 cm³/mol. The molecule has 5 nitrogen and oxygen atoms in total. The van der Waals surface area contributed by atoms with Gasteiger partial charge in [-0.05, 0) is 36.5 Å². The van der Waals surface area contributed by atoms with Crippen molar-refractivity contribution < 1.29 is 22.7 Å². The van der Waals surface area contributed by atoms with E-state index in [1.54, 1.807) is 24.3 Å². The van der Waals surface area contributed by atoms with Crippen molar-refractivity contribution in [3.8, 4) is 0 Å². The molecule has 1 aromatic rings. The first-order valence-corrected chi connectivity index (χ1v) is 8.52. The molecule has 0 radical (unpaired) electrons. The summed E-state index contributed by atoms with van der Waals surface area (Å²) < 4.78 is 34.1. The van der Waals surface area contributed by atoms with Crippen molar-refractivity contribution in [1.29, 1.82) is 0 Å². The Morgan fingerprint density at radius 1 is 1.24 bits per heavy atom. The van der Waals surface area contributed by atoms with Crippen molar-refractivity contribution >= 4 is 15.8 Å². The molecule has 1 unspecified atom stereocenters. The quantitative estimate of drug-likeness (QED) is 0.718. The minimum atomic E-state index is -3.23. The number of carbonyl (C=O) groups is 1. The molecule has 1 fully saturated rings. The maximum Gasteiger partial charge on any atom is 0.315 e. The summed E-state index contributed by atoms with van der Waals surface area (Å²) in [4.78, 5) is 12.0. The second-order valence-corrected chi connectivity index (χ2v) is 7.36. The minimum absolute atomic E-state index is 0.195. The van der Waals surface area contributed by atoms with Crippen molar-refractivity contribution in [1.82, 2.24) is 0 Å². The zero-order valence-corrected chi connectivity index (χ0v) is 13.1. The van der Waals surface area contributed by atoms with Crippen molar-refractivity contribution in [2.24, 2.45) is 5.92 Å². The Morgan fingerprint density at radius 3 is 2.33 bits per heavy atom. The Morgan fingerprint density at radius 2 is 1.86 bits per heavy atom. The summed E-state index contributed by atoms with van der Waals surface area (Å²) in [6.07, 6.45) is 1.99. The first kappa shape index (κ1) is 16.0. The fraction of sp³-hybridized carbons (Fsp3) is 0.533. The molecule has 0 spiro atoms. The van der Waals surface area contributed by atoms with Crippen LogP contribution in [-0.2, 0) is 24.1 Å². The molecule has 1 aliphatic rings. The van der Waals surface area contributed by atoms with Crippen molar-refractivity contribution in [2.75, 3.05) is 26.6 Å². The molecule has 1 saturated carbocycles. The molecule has 116 valence electrons. The summed E-state index contributed by atoms with van der Waals surface area (Å²) in [6.45, 7) is 0.195. The minimum Gasteiger partial charge on any atom is -0.468 e. The molecule has 0 aliphatic heterocycles. The molecule has 1 atom stereocenters. The van der Waals surface area contributed by atoms with Crippen LogP contribution in [0.3, 0.4) is 0 Å². The highest BCUT2D eigenvalue weighted by Crippen LogP contribution is 2.32. The van der Waals surface area contributed by atoms with Gasteiger partial charge in [0, 0.05) is 7.11 Å². The van der Waals surface area contributed by atoms with Gasteiger partial charge in [0.1, 0.15) is 5.92 Å². The molecule has 0 saturated heterocycles. The molecule has 0 aromatic heterocycles. The number of benzene rings is 1. The Labute approximate surface area is 125 Å². The monoisotopic (exact) mass is 312 g/mol. The van der Waals surface area contributed by atoms with Gasteiger partial charge in [-0.3, -0.25) is 4.79 Å². The van der Waals surface area contributed by atoms with E-state index in [-0.39, 0.29) is 12.4 Å². The highest BCUT2D eigenvalue weighted by atomic mass is 32.2. The number of esters is 1. The molecule has 2 rings (SSSR count). The van der Waals surface area contributed by atoms with Crippen LogP contribution >= 0.6 is 0 Å². The van der Waals surface area contributed by atoms with Crippen molar-refractivity contribution in [3.63, 3.8) is 0 Å². The SMILES string of the molecule is COCC(C(=O)OC)c1ccc(S(=O)(=O)CC2CC2)cc1. The molecule has 21 heavy (non-hydrogen) atoms. The lowest BCUT2D eigenvalue weighted by Gasteiger charge is -2.14. The summed E-state index contributed by atoms with van der Waals surface area (Å²) in [7, 11) is -0.402. The summed E-state index contributed by atoms with van der Waals surface area (Å²) in [6, 6.07) is 6.41. The maximum atomic E-state index is 12.2. The summed E-state index contributed by atoms with van der Waals surface area (Å²) in [5.41, 5.74) is 0.689. The van der Waals surface area contributed by atoms with Crippen molar-refractivity contribution in [2.45, 2.75) is 23.7 Å². The van der Waals surface area contributed by atoms with E-state index >= 15 is 0 Å². The van der Waals surface area contributed by atoms with Crippen LogP contribution in [0.1, 0.15) is 24.3 Å². The summed E-state index contributed by atoms with van der Waals surface area (Å²) in [5, 5.41) is 0. The Balaban J connectivity index is 2.18. The third kappa shape index (κ3) is 4.04. The van der Waals surface area contributed by atoms with Crippen LogP contribution < -0.4 is 0 Å². The Kier molecular flexibility index (Phi) is 5.00. The number of rotatable bonds is 7. The van der Waals surface area contributed by atoms with E-state index in [0.717, 1.165) is 12.8 Å². The fourth-order valence-corrected chi connectivity index (χ4v) is 3.90. The summed E-state index contributed by atoms with van der Waals surface area (Å²) in [5.74, 6) is -0.415. The molecular formula is C15H20O5S. The fourth-order valence-electron chi connectivity index (χ4n) is 2.21. The van der Waals surface area contributed by atoms with Gasteiger partial charge in [0.25, 0.3) is 0 Å². The normalized spacial score (nSPS) is 16.5. The number of hydrogen-bond acceptors (Lipinski definition) is 5. The van der Waals surface area contributed by atoms with Gasteiger partial charge in [0.15, 0.2) is 9.84 Å². The molecule has 0 heterocycles. The van der Waals surface area contributed by atoms with E-state index in [4.69, 9.17) is 9.47 Å². The molecule has 0 amide bonds. The maximum absolute atomic E-state index is 12.2. The van der Waals surface area contributed by atoms with Gasteiger partial charge >= 0.3 is 5.97 Å². The Bertz CT molecular complexity index is 587. The van der Waals surface area contributed by atoms with E-state index in [2.05, 4.69) is 0 Å². The average Bonchev–Trinajstić information content (AvgIpc) is 3.27. The highest BCUT2D eigenvalue weighted by Gasteiger charge is 2.29. The largest absolute Gasteiger partial charge is 0.468 e. The molecule has 0 bridgehead atoms. The molecule has 1 aliphatic carbocycles. The van der Waals surface area contributed by atoms with E-state index in [0.29, 0.717) is 16.4 Å². The number of methoxy groups -OCH3 is 2. The van der Waals surface area contributed by atoms with Crippen LogP contribution in [0, 0.1) is 5.92 Å². The van der Waals surface area contributed by atoms with E-state index < -0.39 is 21.7 Å². The standard InChI is InChI=1S/C15H20O5S/c1-19-9-14(15(16)20-2)12-5-7-13(8-6-12)21(17,18)10-11-3-4-11/h5-8,11,14H,3-4,9-10H2,1-2H3. The lowest BCUT2D eigenvalue weighted by Crippen LogP contribution is -2.19. The Hall–Kier alpha value is -1.40. The van der Waals surface area contributed by atoms with Crippen LogP contribution in [0.2, 0.25) is 0 Å². The van der Waals surface area contributed by atoms with Crippen LogP contribution in [0.15, 0.2) is 29.2 Å². The average molecular weight is 312 g/mol. The molecule has 0 N–H and O–H groups in total. The number of sulfone groups is 1. The van der Waals surface area contributed by atoms with Gasteiger partial charge < -0.3 is 9.47 Å². The van der Waals surface area contributed by atoms with Gasteiger partial charge in [-0.25, -0.2) is 8.42 Å². The van der Waals surface area contributed by atoms with Crippen LogP contribution in [-0.4, -0.2) is 41.0 Å². The second-order valence-electron chi connectivity index (χ2n) is 5.32. The van der Waals surface area contributed by atoms with Crippen LogP contribution in [0.4, 0.5) is 0 Å². The van der Waals surface area contributed by atoms with E-state index in [1.807, 2.05) is 0 Å². The third-order valence-corrected chi connectivity index (χ3v) is 5.51. The molecule has 1 aromatic carbocycles. The lowest BCUT2D eigenvalue weighted by atomic mass is 10.0. The summed E-state index contributed by atoms with van der Waals surface area (Å²) >= 11 is 0.